The zero-order chi connectivity index (χ0) is 32.1. The van der Waals surface area contributed by atoms with E-state index < -0.39 is 5.82 Å². The number of anilines is 3. The molecule has 4 fully saturated rings. The van der Waals surface area contributed by atoms with Gasteiger partial charge < -0.3 is 24.9 Å². The third kappa shape index (κ3) is 5.75. The van der Waals surface area contributed by atoms with Crippen LogP contribution in [0.15, 0.2) is 30.7 Å². The minimum atomic E-state index is -0.430. The lowest BCUT2D eigenvalue weighted by Gasteiger charge is -2.42. The number of nitrogens with one attached hydrogen (secondary N) is 1. The first-order valence-corrected chi connectivity index (χ1v) is 17.7. The van der Waals surface area contributed by atoms with Crippen molar-refractivity contribution in [2.24, 2.45) is 23.7 Å². The maximum Gasteiger partial charge on any atom is 0.256 e. The molecule has 2 aromatic rings. The Balaban J connectivity index is 1.06. The highest BCUT2D eigenvalue weighted by atomic mass is 19.1. The van der Waals surface area contributed by atoms with Crippen LogP contribution in [-0.2, 0) is 4.79 Å². The summed E-state index contributed by atoms with van der Waals surface area (Å²) in [5.74, 6) is 3.24. The number of aromatic nitrogens is 2. The normalized spacial score (nSPS) is 29.2. The predicted molar refractivity (Wildman–Crippen MR) is 178 cm³/mol. The number of amides is 2. The summed E-state index contributed by atoms with van der Waals surface area (Å²) in [6, 6.07) is 5.19. The van der Waals surface area contributed by atoms with E-state index in [0.717, 1.165) is 55.7 Å². The van der Waals surface area contributed by atoms with Gasteiger partial charge in [-0.2, -0.15) is 0 Å². The zero-order valence-electron chi connectivity index (χ0n) is 27.9. The molecule has 4 heterocycles. The number of piperidine rings is 1. The van der Waals surface area contributed by atoms with Crippen LogP contribution in [0.25, 0.3) is 0 Å². The molecule has 3 aliphatic heterocycles. The lowest BCUT2D eigenvalue weighted by Crippen LogP contribution is -2.52. The molecule has 6 atom stereocenters. The molecular formula is C36H50FN7O2. The molecule has 2 saturated heterocycles. The number of likely N-dealkylation sites (tertiary alicyclic amines) is 1. The number of benzene rings is 1. The van der Waals surface area contributed by atoms with E-state index >= 15 is 0 Å². The number of rotatable bonds is 8. The second-order valence-corrected chi connectivity index (χ2v) is 14.7. The molecular weight excluding hydrogens is 581 g/mol. The fraction of sp³-hybridized carbons (Fsp3) is 0.667. The van der Waals surface area contributed by atoms with Crippen LogP contribution in [0.2, 0.25) is 0 Å². The van der Waals surface area contributed by atoms with Crippen molar-refractivity contribution in [3.63, 3.8) is 0 Å². The van der Waals surface area contributed by atoms with Crippen LogP contribution in [0.4, 0.5) is 21.6 Å². The molecule has 46 heavy (non-hydrogen) atoms. The largest absolute Gasteiger partial charge is 0.350 e. The zero-order valence-corrected chi connectivity index (χ0v) is 27.9. The van der Waals surface area contributed by atoms with Gasteiger partial charge in [-0.05, 0) is 94.7 Å². The SMILES string of the molecule is CCN(C(=O)c1cc(F)ccc1N1CCN([C@H]2CCCN(C(=O)[C@H]3N[C@@H]4[C@H](CC5CC5)C[C@H]3[C@@H]4C)CC2)c2ncncc21)C(C)C. The van der Waals surface area contributed by atoms with Crippen molar-refractivity contribution >= 4 is 29.0 Å². The fourth-order valence-electron chi connectivity index (χ4n) is 9.13. The summed E-state index contributed by atoms with van der Waals surface area (Å²) in [5.41, 5.74) is 1.84. The van der Waals surface area contributed by atoms with Crippen molar-refractivity contribution < 1.29 is 14.0 Å². The highest BCUT2D eigenvalue weighted by Gasteiger charge is 2.54. The summed E-state index contributed by atoms with van der Waals surface area (Å²) >= 11 is 0. The number of carbonyl (C=O) groups is 2. The van der Waals surface area contributed by atoms with Gasteiger partial charge in [-0.1, -0.05) is 19.8 Å². The van der Waals surface area contributed by atoms with Crippen molar-refractivity contribution in [2.45, 2.75) is 96.8 Å². The molecule has 0 unspecified atom stereocenters. The Morgan fingerprint density at radius 1 is 1.09 bits per heavy atom. The smallest absolute Gasteiger partial charge is 0.256 e. The molecule has 2 aliphatic carbocycles. The van der Waals surface area contributed by atoms with Crippen LogP contribution in [0.5, 0.6) is 0 Å². The van der Waals surface area contributed by atoms with E-state index in [4.69, 9.17) is 4.98 Å². The number of carbonyl (C=O) groups excluding carboxylic acids is 2. The Kier molecular flexibility index (Phi) is 8.67. The number of hydrogen-bond donors (Lipinski definition) is 1. The van der Waals surface area contributed by atoms with Crippen LogP contribution in [0.1, 0.15) is 83.0 Å². The van der Waals surface area contributed by atoms with Gasteiger partial charge in [0.05, 0.1) is 23.5 Å². The van der Waals surface area contributed by atoms with Crippen LogP contribution in [0.3, 0.4) is 0 Å². The highest BCUT2D eigenvalue weighted by Crippen LogP contribution is 2.50. The van der Waals surface area contributed by atoms with E-state index in [2.05, 4.69) is 31.9 Å². The maximum atomic E-state index is 14.5. The van der Waals surface area contributed by atoms with Gasteiger partial charge in [0.15, 0.2) is 5.82 Å². The van der Waals surface area contributed by atoms with Gasteiger partial charge in [-0.25, -0.2) is 14.4 Å². The average Bonchev–Trinajstić information content (AvgIpc) is 3.81. The first-order valence-electron chi connectivity index (χ1n) is 17.7. The van der Waals surface area contributed by atoms with E-state index in [-0.39, 0.29) is 24.0 Å². The van der Waals surface area contributed by atoms with Gasteiger partial charge >= 0.3 is 0 Å². The fourth-order valence-corrected chi connectivity index (χ4v) is 9.13. The maximum absolute atomic E-state index is 14.5. The van der Waals surface area contributed by atoms with E-state index in [9.17, 15) is 14.0 Å². The Morgan fingerprint density at radius 3 is 2.63 bits per heavy atom. The van der Waals surface area contributed by atoms with Crippen molar-refractivity contribution in [1.29, 1.82) is 0 Å². The molecule has 248 valence electrons. The second kappa shape index (κ2) is 12.7. The molecule has 9 nitrogen and oxygen atoms in total. The summed E-state index contributed by atoms with van der Waals surface area (Å²) < 4.78 is 14.5. The molecule has 0 radical (unpaired) electrons. The van der Waals surface area contributed by atoms with Gasteiger partial charge in [0.1, 0.15) is 17.8 Å². The Hall–Kier alpha value is -3.27. The molecule has 1 aromatic carbocycles. The molecule has 7 rings (SSSR count). The van der Waals surface area contributed by atoms with Crippen molar-refractivity contribution in [1.82, 2.24) is 25.1 Å². The molecule has 10 heteroatoms. The molecule has 0 spiro atoms. The summed E-state index contributed by atoms with van der Waals surface area (Å²) in [6.07, 6.45) is 11.5. The quantitative estimate of drug-likeness (QED) is 0.427. The van der Waals surface area contributed by atoms with Crippen LogP contribution >= 0.6 is 0 Å². The predicted octanol–water partition coefficient (Wildman–Crippen LogP) is 5.24. The van der Waals surface area contributed by atoms with Gasteiger partial charge in [0.25, 0.3) is 5.91 Å². The topological polar surface area (TPSA) is 84.9 Å². The first-order chi connectivity index (χ1) is 22.2. The average molecular weight is 632 g/mol. The summed E-state index contributed by atoms with van der Waals surface area (Å²) in [7, 11) is 0. The Morgan fingerprint density at radius 2 is 1.91 bits per heavy atom. The van der Waals surface area contributed by atoms with Crippen LogP contribution in [-0.4, -0.2) is 88.5 Å². The summed E-state index contributed by atoms with van der Waals surface area (Å²) in [4.78, 5) is 45.0. The molecule has 2 bridgehead atoms. The van der Waals surface area contributed by atoms with Gasteiger partial charge in [-0.15, -0.1) is 0 Å². The molecule has 1 aromatic heterocycles. The van der Waals surface area contributed by atoms with E-state index in [1.165, 1.54) is 37.8 Å². The molecule has 2 amide bonds. The minimum Gasteiger partial charge on any atom is -0.350 e. The van der Waals surface area contributed by atoms with Gasteiger partial charge in [-0.3, -0.25) is 9.59 Å². The van der Waals surface area contributed by atoms with Crippen LogP contribution in [0, 0.1) is 29.5 Å². The van der Waals surface area contributed by atoms with E-state index in [0.29, 0.717) is 54.7 Å². The Labute approximate surface area is 272 Å². The molecule has 1 N–H and O–H groups in total. The van der Waals surface area contributed by atoms with Crippen LogP contribution < -0.4 is 15.1 Å². The summed E-state index contributed by atoms with van der Waals surface area (Å²) in [6.45, 7) is 11.7. The number of hydrogen-bond acceptors (Lipinski definition) is 7. The molecule has 5 aliphatic rings. The van der Waals surface area contributed by atoms with Crippen molar-refractivity contribution in [3.8, 4) is 0 Å². The monoisotopic (exact) mass is 631 g/mol. The number of halogens is 1. The molecule has 2 saturated carbocycles. The standard InChI is InChI=1S/C36H50FN7O2/c1-5-42(22(2)3)35(45)29-19-26(37)10-11-30(29)44-16-15-43(34-31(44)20-38-21-39-34)27-7-6-13-41(14-12-27)36(46)33-28-18-25(17-24-8-9-24)32(40-33)23(28)4/h10-11,19-25,27-28,32-33,40H,5-9,12-18H2,1-4H3/t23-,25+,27-,28-,32-,33-/m0/s1. The number of fused-ring (bicyclic) bond motifs is 3. The lowest BCUT2D eigenvalue weighted by atomic mass is 9.89. The van der Waals surface area contributed by atoms with Gasteiger partial charge in [0.2, 0.25) is 5.91 Å². The third-order valence-corrected chi connectivity index (χ3v) is 11.7. The van der Waals surface area contributed by atoms with E-state index in [1.54, 1.807) is 23.5 Å². The lowest BCUT2D eigenvalue weighted by molar-refractivity contribution is -0.134. The Bertz CT molecular complexity index is 1450. The van der Waals surface area contributed by atoms with Gasteiger partial charge in [0, 0.05) is 50.8 Å². The first kappa shape index (κ1) is 31.3. The second-order valence-electron chi connectivity index (χ2n) is 14.7. The highest BCUT2D eigenvalue weighted by molar-refractivity contribution is 6.01. The minimum absolute atomic E-state index is 0.00462. The van der Waals surface area contributed by atoms with Crippen molar-refractivity contribution in [2.75, 3.05) is 42.5 Å². The van der Waals surface area contributed by atoms with E-state index in [1.807, 2.05) is 20.8 Å². The number of nitrogens with zero attached hydrogens (tertiary/aromatic N) is 6. The summed E-state index contributed by atoms with van der Waals surface area (Å²) in [5, 5.41) is 3.81. The third-order valence-electron chi connectivity index (χ3n) is 11.7. The van der Waals surface area contributed by atoms with Crippen molar-refractivity contribution in [3.05, 3.63) is 42.1 Å².